The molecule has 1 unspecified atom stereocenters. The SMILES string of the molecule is CC/C=C\C/C=C\C/C=C\CCCCCCCC(=O)OCC(COCCCCCCCCCCCCCCCCCCCCCC)OC(=O)CCCCCCCCCCCCC. The third-order valence-electron chi connectivity index (χ3n) is 12.2. The first-order chi connectivity index (χ1) is 30.6. The van der Waals surface area contributed by atoms with Gasteiger partial charge in [-0.15, -0.1) is 0 Å². The monoisotopic (exact) mass is 871 g/mol. The molecule has 5 nitrogen and oxygen atoms in total. The summed E-state index contributed by atoms with van der Waals surface area (Å²) in [5, 5.41) is 0. The standard InChI is InChI=1S/C57H106O5/c1-4-7-10-13-16-19-22-24-26-27-28-29-30-32-34-37-40-43-46-49-52-60-53-55(62-57(59)51-48-45-42-39-35-21-18-15-12-9-6-3)54-61-56(58)50-47-44-41-38-36-33-31-25-23-20-17-14-11-8-5-2/h8,11,17,20,25,31,55H,4-7,9-10,12-16,18-19,21-24,26-30,32-54H2,1-3H3/b11-8-,20-17-,31-25-. The van der Waals surface area contributed by atoms with E-state index in [1.54, 1.807) is 0 Å². The molecule has 0 aromatic heterocycles. The zero-order valence-corrected chi connectivity index (χ0v) is 41.9. The van der Waals surface area contributed by atoms with E-state index in [0.29, 0.717) is 19.4 Å². The number of unbranched alkanes of at least 4 members (excludes halogenated alkanes) is 34. The Kier molecular flexibility index (Phi) is 51.8. The summed E-state index contributed by atoms with van der Waals surface area (Å²) in [6.07, 6.45) is 64.5. The zero-order valence-electron chi connectivity index (χ0n) is 41.9. The maximum Gasteiger partial charge on any atom is 0.306 e. The number of carbonyl (C=O) groups excluding carboxylic acids is 2. The Labute approximate surface area is 387 Å². The van der Waals surface area contributed by atoms with Crippen LogP contribution in [0.3, 0.4) is 0 Å². The van der Waals surface area contributed by atoms with Crippen LogP contribution in [0.15, 0.2) is 36.5 Å². The van der Waals surface area contributed by atoms with E-state index in [9.17, 15) is 9.59 Å². The number of rotatable bonds is 51. The Bertz CT molecular complexity index is 986. The summed E-state index contributed by atoms with van der Waals surface area (Å²) in [5.41, 5.74) is 0. The molecule has 0 spiro atoms. The van der Waals surface area contributed by atoms with Gasteiger partial charge in [-0.2, -0.15) is 0 Å². The van der Waals surface area contributed by atoms with Gasteiger partial charge in [-0.25, -0.2) is 0 Å². The molecule has 0 amide bonds. The van der Waals surface area contributed by atoms with Crippen LogP contribution in [-0.4, -0.2) is 37.9 Å². The molecule has 0 heterocycles. The minimum atomic E-state index is -0.536. The van der Waals surface area contributed by atoms with Crippen molar-refractivity contribution in [2.75, 3.05) is 19.8 Å². The van der Waals surface area contributed by atoms with Crippen LogP contribution in [0.4, 0.5) is 0 Å². The molecule has 364 valence electrons. The van der Waals surface area contributed by atoms with Crippen LogP contribution in [0.5, 0.6) is 0 Å². The third kappa shape index (κ3) is 50.8. The molecule has 1 atom stereocenters. The van der Waals surface area contributed by atoms with Crippen molar-refractivity contribution < 1.29 is 23.8 Å². The average Bonchev–Trinajstić information content (AvgIpc) is 3.27. The normalized spacial score (nSPS) is 12.4. The van der Waals surface area contributed by atoms with E-state index in [1.807, 2.05) is 0 Å². The Morgan fingerprint density at radius 1 is 0.371 bits per heavy atom. The highest BCUT2D eigenvalue weighted by Gasteiger charge is 2.17. The first kappa shape index (κ1) is 60.1. The van der Waals surface area contributed by atoms with E-state index in [-0.39, 0.29) is 25.2 Å². The number of carbonyl (C=O) groups is 2. The van der Waals surface area contributed by atoms with Crippen molar-refractivity contribution in [2.24, 2.45) is 0 Å². The summed E-state index contributed by atoms with van der Waals surface area (Å²) in [6, 6.07) is 0. The quantitative estimate of drug-likeness (QED) is 0.0346. The van der Waals surface area contributed by atoms with Gasteiger partial charge in [-0.1, -0.05) is 263 Å². The van der Waals surface area contributed by atoms with Crippen molar-refractivity contribution in [3.63, 3.8) is 0 Å². The average molecular weight is 871 g/mol. The number of ether oxygens (including phenoxy) is 3. The minimum Gasteiger partial charge on any atom is -0.462 e. The number of hydrogen-bond acceptors (Lipinski definition) is 5. The van der Waals surface area contributed by atoms with E-state index in [1.165, 1.54) is 193 Å². The summed E-state index contributed by atoms with van der Waals surface area (Å²) in [5.74, 6) is -0.401. The predicted molar refractivity (Wildman–Crippen MR) is 270 cm³/mol. The fourth-order valence-electron chi connectivity index (χ4n) is 8.12. The van der Waals surface area contributed by atoms with E-state index in [0.717, 1.165) is 64.2 Å². The Morgan fingerprint density at radius 3 is 1.16 bits per heavy atom. The second kappa shape index (κ2) is 53.5. The van der Waals surface area contributed by atoms with E-state index in [4.69, 9.17) is 14.2 Å². The number of allylic oxidation sites excluding steroid dienone is 6. The lowest BCUT2D eigenvalue weighted by Gasteiger charge is -2.18. The van der Waals surface area contributed by atoms with Gasteiger partial charge in [0.15, 0.2) is 6.10 Å². The second-order valence-corrected chi connectivity index (χ2v) is 18.5. The van der Waals surface area contributed by atoms with Crippen molar-refractivity contribution in [2.45, 2.75) is 297 Å². The summed E-state index contributed by atoms with van der Waals surface area (Å²) >= 11 is 0. The molecule has 0 aliphatic rings. The predicted octanol–water partition coefficient (Wildman–Crippen LogP) is 18.6. The van der Waals surface area contributed by atoms with Gasteiger partial charge in [-0.05, 0) is 51.4 Å². The molecule has 0 bridgehead atoms. The summed E-state index contributed by atoms with van der Waals surface area (Å²) in [7, 11) is 0. The Morgan fingerprint density at radius 2 is 0.726 bits per heavy atom. The van der Waals surface area contributed by atoms with Gasteiger partial charge in [0, 0.05) is 19.4 Å². The molecule has 0 radical (unpaired) electrons. The van der Waals surface area contributed by atoms with Gasteiger partial charge >= 0.3 is 11.9 Å². The fourth-order valence-corrected chi connectivity index (χ4v) is 8.12. The molecular formula is C57H106O5. The lowest BCUT2D eigenvalue weighted by molar-refractivity contribution is -0.163. The van der Waals surface area contributed by atoms with Crippen LogP contribution in [0, 0.1) is 0 Å². The Balaban J connectivity index is 4.17. The summed E-state index contributed by atoms with van der Waals surface area (Å²) in [6.45, 7) is 7.75. The molecule has 0 aromatic rings. The summed E-state index contributed by atoms with van der Waals surface area (Å²) < 4.78 is 17.4. The molecule has 0 aliphatic heterocycles. The maximum absolute atomic E-state index is 12.8. The van der Waals surface area contributed by atoms with Crippen LogP contribution >= 0.6 is 0 Å². The van der Waals surface area contributed by atoms with Crippen molar-refractivity contribution in [3.8, 4) is 0 Å². The molecule has 0 saturated heterocycles. The van der Waals surface area contributed by atoms with Crippen LogP contribution in [0.1, 0.15) is 290 Å². The molecule has 0 rings (SSSR count). The number of hydrogen-bond donors (Lipinski definition) is 0. The molecular weight excluding hydrogens is 765 g/mol. The number of esters is 2. The van der Waals surface area contributed by atoms with E-state index in [2.05, 4.69) is 57.2 Å². The van der Waals surface area contributed by atoms with Crippen LogP contribution in [0.25, 0.3) is 0 Å². The lowest BCUT2D eigenvalue weighted by atomic mass is 10.0. The highest BCUT2D eigenvalue weighted by atomic mass is 16.6. The lowest BCUT2D eigenvalue weighted by Crippen LogP contribution is -2.30. The van der Waals surface area contributed by atoms with Gasteiger partial charge in [0.05, 0.1) is 6.61 Å². The molecule has 0 aromatic carbocycles. The van der Waals surface area contributed by atoms with Gasteiger partial charge in [0.2, 0.25) is 0 Å². The Hall–Kier alpha value is -1.88. The molecule has 0 N–H and O–H groups in total. The topological polar surface area (TPSA) is 61.8 Å². The van der Waals surface area contributed by atoms with Crippen LogP contribution in [0.2, 0.25) is 0 Å². The first-order valence-electron chi connectivity index (χ1n) is 27.5. The van der Waals surface area contributed by atoms with Crippen LogP contribution in [-0.2, 0) is 23.8 Å². The van der Waals surface area contributed by atoms with Gasteiger partial charge in [0.25, 0.3) is 0 Å². The largest absolute Gasteiger partial charge is 0.462 e. The second-order valence-electron chi connectivity index (χ2n) is 18.5. The van der Waals surface area contributed by atoms with E-state index >= 15 is 0 Å². The molecule has 0 aliphatic carbocycles. The molecule has 0 fully saturated rings. The molecule has 0 saturated carbocycles. The van der Waals surface area contributed by atoms with Crippen molar-refractivity contribution in [1.82, 2.24) is 0 Å². The zero-order chi connectivity index (χ0) is 44.9. The highest BCUT2D eigenvalue weighted by molar-refractivity contribution is 5.70. The smallest absolute Gasteiger partial charge is 0.306 e. The van der Waals surface area contributed by atoms with Crippen LogP contribution < -0.4 is 0 Å². The van der Waals surface area contributed by atoms with Crippen molar-refractivity contribution in [3.05, 3.63) is 36.5 Å². The third-order valence-corrected chi connectivity index (χ3v) is 12.2. The maximum atomic E-state index is 12.8. The van der Waals surface area contributed by atoms with Crippen molar-refractivity contribution >= 4 is 11.9 Å². The van der Waals surface area contributed by atoms with E-state index < -0.39 is 6.10 Å². The van der Waals surface area contributed by atoms with Gasteiger partial charge in [-0.3, -0.25) is 9.59 Å². The fraction of sp³-hybridized carbons (Fsp3) is 0.860. The summed E-state index contributed by atoms with van der Waals surface area (Å²) in [4.78, 5) is 25.4. The van der Waals surface area contributed by atoms with Crippen molar-refractivity contribution in [1.29, 1.82) is 0 Å². The highest BCUT2D eigenvalue weighted by Crippen LogP contribution is 2.16. The molecule has 5 heteroatoms. The van der Waals surface area contributed by atoms with Gasteiger partial charge in [0.1, 0.15) is 6.61 Å². The van der Waals surface area contributed by atoms with Gasteiger partial charge < -0.3 is 14.2 Å². The minimum absolute atomic E-state index is 0.0824. The molecule has 62 heavy (non-hydrogen) atoms. The first-order valence-corrected chi connectivity index (χ1v) is 27.5.